The highest BCUT2D eigenvalue weighted by molar-refractivity contribution is 9.10. The summed E-state index contributed by atoms with van der Waals surface area (Å²) in [7, 11) is -3.09. The second-order valence-corrected chi connectivity index (χ2v) is 11.7. The Labute approximate surface area is 183 Å². The zero-order valence-electron chi connectivity index (χ0n) is 16.8. The third-order valence-electron chi connectivity index (χ3n) is 4.07. The topological polar surface area (TPSA) is 115 Å². The van der Waals surface area contributed by atoms with Gasteiger partial charge in [-0.15, -0.1) is 11.3 Å². The molecule has 2 rings (SSSR count). The van der Waals surface area contributed by atoms with Gasteiger partial charge in [-0.05, 0) is 36.7 Å². The number of rotatable bonds is 6. The molecule has 0 saturated carbocycles. The van der Waals surface area contributed by atoms with Gasteiger partial charge in [-0.2, -0.15) is 0 Å². The van der Waals surface area contributed by atoms with Crippen molar-refractivity contribution >= 4 is 49.2 Å². The Morgan fingerprint density at radius 3 is 2.45 bits per heavy atom. The minimum atomic E-state index is -3.09. The largest absolute Gasteiger partial charge is 0.464 e. The first-order valence-electron chi connectivity index (χ1n) is 9.04. The summed E-state index contributed by atoms with van der Waals surface area (Å²) >= 11 is 4.70. The number of esters is 1. The number of carbonyl (C=O) groups is 2. The number of alkyl carbamates (subject to hydrolysis) is 1. The molecule has 164 valence electrons. The van der Waals surface area contributed by atoms with Crippen LogP contribution in [0, 0.1) is 0 Å². The predicted octanol–water partition coefficient (Wildman–Crippen LogP) is 2.13. The van der Waals surface area contributed by atoms with Gasteiger partial charge in [0.2, 0.25) is 0 Å². The number of hydrogen-bond donors (Lipinski definition) is 1. The van der Waals surface area contributed by atoms with Crippen LogP contribution < -0.4 is 5.32 Å². The summed E-state index contributed by atoms with van der Waals surface area (Å²) in [6, 6.07) is -1.15. The lowest BCUT2D eigenvalue weighted by molar-refractivity contribution is -0.142. The van der Waals surface area contributed by atoms with E-state index in [1.54, 1.807) is 26.2 Å². The van der Waals surface area contributed by atoms with Gasteiger partial charge in [0.1, 0.15) is 21.8 Å². The summed E-state index contributed by atoms with van der Waals surface area (Å²) in [6.07, 6.45) is -0.653. The molecule has 1 N–H and O–H groups in total. The minimum Gasteiger partial charge on any atom is -0.464 e. The van der Waals surface area contributed by atoms with Gasteiger partial charge in [0, 0.05) is 25.4 Å². The number of nitrogens with one attached hydrogen (secondary N) is 1. The smallest absolute Gasteiger partial charge is 0.408 e. The van der Waals surface area contributed by atoms with Crippen LogP contribution in [-0.4, -0.2) is 73.2 Å². The van der Waals surface area contributed by atoms with Crippen molar-refractivity contribution in [1.82, 2.24) is 15.2 Å². The van der Waals surface area contributed by atoms with Crippen LogP contribution in [-0.2, 0) is 24.1 Å². The lowest BCUT2D eigenvalue weighted by Gasteiger charge is -2.38. The molecule has 0 unspecified atom stereocenters. The van der Waals surface area contributed by atoms with Crippen molar-refractivity contribution in [2.75, 3.05) is 31.2 Å². The van der Waals surface area contributed by atoms with Crippen LogP contribution in [0.1, 0.15) is 38.7 Å². The molecule has 1 aromatic heterocycles. The molecule has 0 bridgehead atoms. The molecule has 0 radical (unpaired) electrons. The molecule has 1 aromatic rings. The van der Waals surface area contributed by atoms with E-state index in [2.05, 4.69) is 26.2 Å². The first kappa shape index (κ1) is 24.0. The summed E-state index contributed by atoms with van der Waals surface area (Å²) < 4.78 is 34.9. The molecule has 0 aliphatic carbocycles. The molecular weight excluding hydrogens is 486 g/mol. The van der Waals surface area contributed by atoms with E-state index in [0.29, 0.717) is 9.61 Å². The lowest BCUT2D eigenvalue weighted by atomic mass is 10.1. The maximum Gasteiger partial charge on any atom is 0.408 e. The van der Waals surface area contributed by atoms with Crippen LogP contribution in [0.15, 0.2) is 9.98 Å². The number of sulfone groups is 1. The number of ether oxygens (including phenoxy) is 2. The number of nitrogens with zero attached hydrogens (tertiary/aromatic N) is 2. The highest BCUT2D eigenvalue weighted by Gasteiger charge is 2.37. The molecule has 1 fully saturated rings. The third kappa shape index (κ3) is 7.83. The molecule has 1 aliphatic heterocycles. The molecule has 29 heavy (non-hydrogen) atoms. The van der Waals surface area contributed by atoms with Gasteiger partial charge in [-0.1, -0.05) is 0 Å². The molecule has 12 heteroatoms. The second kappa shape index (κ2) is 9.71. The van der Waals surface area contributed by atoms with E-state index < -0.39 is 39.6 Å². The lowest BCUT2D eigenvalue weighted by Crippen LogP contribution is -2.53. The van der Waals surface area contributed by atoms with Crippen molar-refractivity contribution in [3.05, 3.63) is 15.0 Å². The maximum atomic E-state index is 12.4. The van der Waals surface area contributed by atoms with E-state index >= 15 is 0 Å². The number of hydrogen-bond acceptors (Lipinski definition) is 9. The zero-order chi connectivity index (χ0) is 21.8. The van der Waals surface area contributed by atoms with Crippen molar-refractivity contribution in [2.24, 2.45) is 0 Å². The van der Waals surface area contributed by atoms with Crippen molar-refractivity contribution < 1.29 is 27.5 Å². The molecule has 2 atom stereocenters. The van der Waals surface area contributed by atoms with Crippen molar-refractivity contribution in [3.63, 3.8) is 0 Å². The van der Waals surface area contributed by atoms with Gasteiger partial charge < -0.3 is 14.8 Å². The van der Waals surface area contributed by atoms with Gasteiger partial charge in [-0.3, -0.25) is 9.69 Å². The molecule has 0 spiro atoms. The Morgan fingerprint density at radius 2 is 1.97 bits per heavy atom. The van der Waals surface area contributed by atoms with Crippen molar-refractivity contribution in [2.45, 2.75) is 45.4 Å². The Balaban J connectivity index is 2.31. The van der Waals surface area contributed by atoms with E-state index in [1.807, 2.05) is 4.90 Å². The SMILES string of the molecule is CC(=O)OC[C@@H](NC(=O)OC(C)(C)C)[C@@H](c1nc(Br)cs1)N1CCS(=O)(=O)CC1. The Hall–Kier alpha value is -1.24. The highest BCUT2D eigenvalue weighted by atomic mass is 79.9. The van der Waals surface area contributed by atoms with E-state index in [4.69, 9.17) is 9.47 Å². The maximum absolute atomic E-state index is 12.4. The van der Waals surface area contributed by atoms with Crippen molar-refractivity contribution in [3.8, 4) is 0 Å². The first-order valence-corrected chi connectivity index (χ1v) is 12.5. The number of halogens is 1. The molecule has 1 saturated heterocycles. The fourth-order valence-corrected chi connectivity index (χ4v) is 5.56. The molecule has 9 nitrogen and oxygen atoms in total. The van der Waals surface area contributed by atoms with Gasteiger partial charge in [0.05, 0.1) is 23.6 Å². The van der Waals surface area contributed by atoms with Crippen LogP contribution in [0.3, 0.4) is 0 Å². The van der Waals surface area contributed by atoms with Gasteiger partial charge in [0.15, 0.2) is 9.84 Å². The average molecular weight is 512 g/mol. The predicted molar refractivity (Wildman–Crippen MR) is 113 cm³/mol. The highest BCUT2D eigenvalue weighted by Crippen LogP contribution is 2.31. The normalized spacial score (nSPS) is 19.2. The average Bonchev–Trinajstić information content (AvgIpc) is 2.98. The first-order chi connectivity index (χ1) is 13.4. The second-order valence-electron chi connectivity index (χ2n) is 7.70. The van der Waals surface area contributed by atoms with Crippen LogP contribution >= 0.6 is 27.3 Å². The van der Waals surface area contributed by atoms with Gasteiger partial charge in [-0.25, -0.2) is 18.2 Å². The Kier molecular flexibility index (Phi) is 8.05. The molecule has 1 aliphatic rings. The van der Waals surface area contributed by atoms with Crippen LogP contribution in [0.4, 0.5) is 4.79 Å². The zero-order valence-corrected chi connectivity index (χ0v) is 20.0. The standard InChI is InChI=1S/C17H26BrN3O6S2/c1-11(22)26-9-12(19-16(23)27-17(2,3)4)14(15-20-13(18)10-28-15)21-5-7-29(24,25)8-6-21/h10,12,14H,5-9H2,1-4H3,(H,19,23)/t12-,14+/m1/s1. The quantitative estimate of drug-likeness (QED) is 0.577. The number of amides is 1. The fourth-order valence-electron chi connectivity index (χ4n) is 2.87. The van der Waals surface area contributed by atoms with E-state index in [0.717, 1.165) is 0 Å². The molecule has 1 amide bonds. The Bertz CT molecular complexity index is 822. The summed E-state index contributed by atoms with van der Waals surface area (Å²) in [5, 5.41) is 5.25. The Morgan fingerprint density at radius 1 is 1.34 bits per heavy atom. The van der Waals surface area contributed by atoms with E-state index in [-0.39, 0.29) is 31.2 Å². The summed E-state index contributed by atoms with van der Waals surface area (Å²) in [4.78, 5) is 30.2. The van der Waals surface area contributed by atoms with Crippen LogP contribution in [0.2, 0.25) is 0 Å². The van der Waals surface area contributed by atoms with E-state index in [1.165, 1.54) is 18.3 Å². The van der Waals surface area contributed by atoms with Gasteiger partial charge >= 0.3 is 12.1 Å². The fraction of sp³-hybridized carbons (Fsp3) is 0.706. The third-order valence-corrected chi connectivity index (χ3v) is 7.30. The molecule has 2 heterocycles. The molecule has 0 aromatic carbocycles. The summed E-state index contributed by atoms with van der Waals surface area (Å²) in [5.74, 6) is -0.452. The summed E-state index contributed by atoms with van der Waals surface area (Å²) in [6.45, 7) is 7.01. The van der Waals surface area contributed by atoms with Crippen LogP contribution in [0.25, 0.3) is 0 Å². The van der Waals surface area contributed by atoms with Crippen LogP contribution in [0.5, 0.6) is 0 Å². The molecular formula is C17H26BrN3O6S2. The number of carbonyl (C=O) groups excluding carboxylic acids is 2. The summed E-state index contributed by atoms with van der Waals surface area (Å²) in [5.41, 5.74) is -0.699. The monoisotopic (exact) mass is 511 g/mol. The number of aromatic nitrogens is 1. The van der Waals surface area contributed by atoms with E-state index in [9.17, 15) is 18.0 Å². The minimum absolute atomic E-state index is 0.0166. The van der Waals surface area contributed by atoms with Crippen molar-refractivity contribution in [1.29, 1.82) is 0 Å². The number of thiazole rings is 1. The van der Waals surface area contributed by atoms with Gasteiger partial charge in [0.25, 0.3) is 0 Å².